The summed E-state index contributed by atoms with van der Waals surface area (Å²) < 4.78 is 0. The Labute approximate surface area is 129 Å². The summed E-state index contributed by atoms with van der Waals surface area (Å²) in [5.74, 6) is 1.01. The van der Waals surface area contributed by atoms with Gasteiger partial charge in [-0.25, -0.2) is 9.78 Å². The van der Waals surface area contributed by atoms with Gasteiger partial charge in [0.05, 0.1) is 16.5 Å². The number of nitrogens with zero attached hydrogens (tertiary/aromatic N) is 1. The highest BCUT2D eigenvalue weighted by atomic mass is 32.2. The average molecular weight is 332 g/mol. The number of rotatable bonds is 6. The zero-order valence-electron chi connectivity index (χ0n) is 11.0. The van der Waals surface area contributed by atoms with Crippen molar-refractivity contribution in [3.05, 3.63) is 16.1 Å². The van der Waals surface area contributed by atoms with E-state index in [9.17, 15) is 14.7 Å². The predicted octanol–water partition coefficient (Wildman–Crippen LogP) is 1.76. The molecule has 0 saturated carbocycles. The van der Waals surface area contributed by atoms with Crippen LogP contribution in [0.1, 0.15) is 17.1 Å². The van der Waals surface area contributed by atoms with E-state index in [1.807, 2.05) is 12.3 Å². The van der Waals surface area contributed by atoms with Crippen LogP contribution in [0.15, 0.2) is 5.38 Å². The van der Waals surface area contributed by atoms with Crippen LogP contribution in [0, 0.1) is 6.92 Å². The molecule has 2 rings (SSSR count). The smallest absolute Gasteiger partial charge is 0.330 e. The van der Waals surface area contributed by atoms with Crippen molar-refractivity contribution < 1.29 is 14.7 Å². The van der Waals surface area contributed by atoms with Gasteiger partial charge in [-0.15, -0.1) is 23.1 Å². The highest BCUT2D eigenvalue weighted by Crippen LogP contribution is 2.28. The molecule has 1 aromatic heterocycles. The van der Waals surface area contributed by atoms with Gasteiger partial charge in [0, 0.05) is 16.9 Å². The number of hydrogen-bond donors (Lipinski definition) is 2. The van der Waals surface area contributed by atoms with Crippen LogP contribution in [0.4, 0.5) is 0 Å². The molecule has 1 unspecified atom stereocenters. The number of carboxylic acid groups (broad SMARTS) is 1. The molecule has 8 heteroatoms. The van der Waals surface area contributed by atoms with E-state index < -0.39 is 11.5 Å². The lowest BCUT2D eigenvalue weighted by Gasteiger charge is -2.24. The quantitative estimate of drug-likeness (QED) is 0.826. The maximum atomic E-state index is 11.9. The normalized spacial score (nSPS) is 21.9. The molecule has 0 radical (unpaired) electrons. The Balaban J connectivity index is 1.78. The van der Waals surface area contributed by atoms with Gasteiger partial charge in [-0.2, -0.15) is 11.8 Å². The van der Waals surface area contributed by atoms with Crippen LogP contribution in [-0.2, 0) is 15.3 Å². The van der Waals surface area contributed by atoms with Gasteiger partial charge in [0.15, 0.2) is 0 Å². The predicted molar refractivity (Wildman–Crippen MR) is 83.5 cm³/mol. The third-order valence-corrected chi connectivity index (χ3v) is 5.94. The van der Waals surface area contributed by atoms with Crippen molar-refractivity contribution in [1.29, 1.82) is 0 Å². The molecule has 5 nitrogen and oxygen atoms in total. The summed E-state index contributed by atoms with van der Waals surface area (Å²) in [4.78, 5) is 27.5. The first kappa shape index (κ1) is 15.7. The Hall–Kier alpha value is -0.730. The number of thiazole rings is 1. The first-order valence-corrected chi connectivity index (χ1v) is 9.32. The summed E-state index contributed by atoms with van der Waals surface area (Å²) in [7, 11) is 0. The molecule has 1 atom stereocenters. The number of carboxylic acids is 1. The molecule has 2 heterocycles. The molecule has 1 fully saturated rings. The van der Waals surface area contributed by atoms with Gasteiger partial charge in [-0.05, 0) is 19.1 Å². The van der Waals surface area contributed by atoms with Crippen LogP contribution in [0.3, 0.4) is 0 Å². The van der Waals surface area contributed by atoms with E-state index in [-0.39, 0.29) is 11.7 Å². The van der Waals surface area contributed by atoms with Crippen molar-refractivity contribution in [2.45, 2.75) is 24.6 Å². The second kappa shape index (κ2) is 6.82. The average Bonchev–Trinajstić information content (AvgIpc) is 2.99. The van der Waals surface area contributed by atoms with Crippen LogP contribution >= 0.6 is 34.9 Å². The second-order valence-electron chi connectivity index (χ2n) is 4.59. The third-order valence-electron chi connectivity index (χ3n) is 2.96. The maximum Gasteiger partial charge on any atom is 0.330 e. The number of aromatic nitrogens is 1. The molecule has 1 amide bonds. The van der Waals surface area contributed by atoms with Crippen LogP contribution in [0.5, 0.6) is 0 Å². The Kier molecular flexibility index (Phi) is 5.34. The third kappa shape index (κ3) is 3.89. The number of nitrogens with one attached hydrogen (secondary N) is 1. The van der Waals surface area contributed by atoms with E-state index in [1.54, 1.807) is 23.1 Å². The molecule has 0 aliphatic carbocycles. The van der Waals surface area contributed by atoms with E-state index in [4.69, 9.17) is 0 Å². The summed E-state index contributed by atoms with van der Waals surface area (Å²) in [6.07, 6.45) is 0.495. The molecule has 0 bridgehead atoms. The lowest BCUT2D eigenvalue weighted by Crippen LogP contribution is -2.55. The number of aryl methyl sites for hydroxylation is 1. The first-order chi connectivity index (χ1) is 9.52. The zero-order chi connectivity index (χ0) is 14.6. The summed E-state index contributed by atoms with van der Waals surface area (Å²) in [6, 6.07) is 0. The Morgan fingerprint density at radius 3 is 2.95 bits per heavy atom. The molecule has 20 heavy (non-hydrogen) atoms. The molecule has 0 aromatic carbocycles. The molecule has 110 valence electrons. The van der Waals surface area contributed by atoms with Crippen molar-refractivity contribution in [3.8, 4) is 0 Å². The van der Waals surface area contributed by atoms with Gasteiger partial charge >= 0.3 is 5.97 Å². The minimum Gasteiger partial charge on any atom is -0.479 e. The largest absolute Gasteiger partial charge is 0.479 e. The lowest BCUT2D eigenvalue weighted by atomic mass is 9.99. The summed E-state index contributed by atoms with van der Waals surface area (Å²) in [5, 5.41) is 15.0. The van der Waals surface area contributed by atoms with Crippen LogP contribution in [0.25, 0.3) is 0 Å². The van der Waals surface area contributed by atoms with Crippen LogP contribution in [-0.4, -0.2) is 44.8 Å². The number of hydrogen-bond acceptors (Lipinski definition) is 6. The first-order valence-electron chi connectivity index (χ1n) is 6.13. The number of carbonyl (C=O) groups is 2. The molecule has 1 aromatic rings. The molecule has 2 N–H and O–H groups in total. The number of carbonyl (C=O) groups excluding carboxylic acids is 1. The van der Waals surface area contributed by atoms with E-state index >= 15 is 0 Å². The highest BCUT2D eigenvalue weighted by molar-refractivity contribution is 7.99. The SMILES string of the molecule is Cc1nc(CSCC(=O)NC2(C(=O)O)CCSC2)cs1. The van der Waals surface area contributed by atoms with Gasteiger partial charge in [0.2, 0.25) is 5.91 Å². The monoisotopic (exact) mass is 332 g/mol. The zero-order valence-corrected chi connectivity index (χ0v) is 13.5. The molecular weight excluding hydrogens is 316 g/mol. The molecule has 1 saturated heterocycles. The van der Waals surface area contributed by atoms with Crippen molar-refractivity contribution in [2.24, 2.45) is 0 Å². The number of thioether (sulfide) groups is 2. The lowest BCUT2D eigenvalue weighted by molar-refractivity contribution is -0.146. The van der Waals surface area contributed by atoms with E-state index in [0.717, 1.165) is 16.5 Å². The van der Waals surface area contributed by atoms with E-state index in [2.05, 4.69) is 10.3 Å². The number of amides is 1. The highest BCUT2D eigenvalue weighted by Gasteiger charge is 2.43. The fourth-order valence-electron chi connectivity index (χ4n) is 1.91. The summed E-state index contributed by atoms with van der Waals surface area (Å²) >= 11 is 4.61. The fourth-order valence-corrected chi connectivity index (χ4v) is 4.67. The van der Waals surface area contributed by atoms with E-state index in [1.165, 1.54) is 11.8 Å². The van der Waals surface area contributed by atoms with Gasteiger partial charge in [-0.3, -0.25) is 4.79 Å². The van der Waals surface area contributed by atoms with E-state index in [0.29, 0.717) is 17.9 Å². The Bertz CT molecular complexity index is 498. The molecule has 1 aliphatic heterocycles. The van der Waals surface area contributed by atoms with Gasteiger partial charge in [0.25, 0.3) is 0 Å². The Morgan fingerprint density at radius 1 is 1.60 bits per heavy atom. The minimum absolute atomic E-state index is 0.216. The molecule has 0 spiro atoms. The van der Waals surface area contributed by atoms with Crippen molar-refractivity contribution >= 4 is 46.7 Å². The van der Waals surface area contributed by atoms with Gasteiger partial charge < -0.3 is 10.4 Å². The summed E-state index contributed by atoms with van der Waals surface area (Å²) in [6.45, 7) is 1.94. The van der Waals surface area contributed by atoms with Crippen molar-refractivity contribution in [2.75, 3.05) is 17.3 Å². The van der Waals surface area contributed by atoms with Crippen molar-refractivity contribution in [1.82, 2.24) is 10.3 Å². The maximum absolute atomic E-state index is 11.9. The van der Waals surface area contributed by atoms with Gasteiger partial charge in [0.1, 0.15) is 5.54 Å². The molecular formula is C12H16N2O3S3. The van der Waals surface area contributed by atoms with Gasteiger partial charge in [-0.1, -0.05) is 0 Å². The standard InChI is InChI=1S/C12H16N2O3S3/c1-8-13-9(5-20-8)4-19-6-10(15)14-12(11(16)17)2-3-18-7-12/h5H,2-4,6-7H2,1H3,(H,14,15)(H,16,17). The van der Waals surface area contributed by atoms with Crippen molar-refractivity contribution in [3.63, 3.8) is 0 Å². The fraction of sp³-hybridized carbons (Fsp3) is 0.583. The Morgan fingerprint density at radius 2 is 2.40 bits per heavy atom. The second-order valence-corrected chi connectivity index (χ2v) is 7.74. The minimum atomic E-state index is -1.07. The van der Waals surface area contributed by atoms with Crippen LogP contribution < -0.4 is 5.32 Å². The molecule has 1 aliphatic rings. The topological polar surface area (TPSA) is 79.3 Å². The van der Waals surface area contributed by atoms with Crippen LogP contribution in [0.2, 0.25) is 0 Å². The summed E-state index contributed by atoms with van der Waals surface area (Å²) in [5.41, 5.74) is -0.103. The number of aliphatic carboxylic acids is 1.